The largest absolute Gasteiger partial charge is 0.490 e. The lowest BCUT2D eigenvalue weighted by Gasteiger charge is -2.22. The van der Waals surface area contributed by atoms with Crippen LogP contribution in [0.5, 0.6) is 0 Å². The fourth-order valence-corrected chi connectivity index (χ4v) is 2.92. The van der Waals surface area contributed by atoms with Crippen molar-refractivity contribution in [2.45, 2.75) is 12.6 Å². The molecule has 156 valence electrons. The van der Waals surface area contributed by atoms with Gasteiger partial charge in [0, 0.05) is 23.2 Å². The van der Waals surface area contributed by atoms with Gasteiger partial charge in [-0.3, -0.25) is 14.2 Å². The molecule has 0 radical (unpaired) electrons. The first-order valence-corrected chi connectivity index (χ1v) is 9.03. The highest BCUT2D eigenvalue weighted by molar-refractivity contribution is 14.1. The number of alkyl halides is 3. The van der Waals surface area contributed by atoms with Crippen LogP contribution in [0.2, 0.25) is 0 Å². The second-order valence-electron chi connectivity index (χ2n) is 5.85. The number of anilines is 2. The van der Waals surface area contributed by atoms with Gasteiger partial charge in [-0.1, -0.05) is 0 Å². The van der Waals surface area contributed by atoms with E-state index in [2.05, 4.69) is 10.6 Å². The summed E-state index contributed by atoms with van der Waals surface area (Å²) in [6.45, 7) is 0.496. The van der Waals surface area contributed by atoms with Gasteiger partial charge in [0.25, 0.3) is 11.5 Å². The fourth-order valence-electron chi connectivity index (χ4n) is 2.46. The number of carbonyl (C=O) groups is 2. The van der Waals surface area contributed by atoms with E-state index in [-0.39, 0.29) is 17.2 Å². The lowest BCUT2D eigenvalue weighted by atomic mass is 10.0. The predicted octanol–water partition coefficient (Wildman–Crippen LogP) is 2.79. The number of fused-ring (bicyclic) bond motifs is 1. The van der Waals surface area contributed by atoms with Gasteiger partial charge in [-0.2, -0.15) is 13.2 Å². The standard InChI is InChI=1S/C15H13FIN3O2.C2HF3O2/c1-20-12(21)6-8-4-5-18-15(22)13(8)14(20)19-11-3-2-9(17)7-10(11)16;3-2(4,5)1(6)7/h2-3,6-7,19H,4-5H2,1H3,(H,18,22);(H,6,7). The van der Waals surface area contributed by atoms with Crippen molar-refractivity contribution in [1.29, 1.82) is 0 Å². The molecular weight excluding hydrogens is 513 g/mol. The average Bonchev–Trinajstić information content (AvgIpc) is 2.60. The summed E-state index contributed by atoms with van der Waals surface area (Å²) >= 11 is 2.02. The average molecular weight is 527 g/mol. The lowest BCUT2D eigenvalue weighted by Crippen LogP contribution is -2.36. The maximum atomic E-state index is 14.0. The number of benzene rings is 1. The first-order chi connectivity index (χ1) is 13.4. The molecule has 1 amide bonds. The topological polar surface area (TPSA) is 100 Å². The first kappa shape index (κ1) is 22.6. The van der Waals surface area contributed by atoms with Crippen LogP contribution in [-0.4, -0.2) is 34.3 Å². The smallest absolute Gasteiger partial charge is 0.475 e. The van der Waals surface area contributed by atoms with Gasteiger partial charge < -0.3 is 15.7 Å². The van der Waals surface area contributed by atoms with Gasteiger partial charge in [0.05, 0.1) is 11.3 Å². The Kier molecular flexibility index (Phi) is 6.87. The predicted molar refractivity (Wildman–Crippen MR) is 104 cm³/mol. The van der Waals surface area contributed by atoms with Gasteiger partial charge in [0.1, 0.15) is 11.6 Å². The highest BCUT2D eigenvalue weighted by atomic mass is 127. The van der Waals surface area contributed by atoms with Gasteiger partial charge in [-0.25, -0.2) is 9.18 Å². The van der Waals surface area contributed by atoms with E-state index in [4.69, 9.17) is 9.90 Å². The van der Waals surface area contributed by atoms with Crippen LogP contribution >= 0.6 is 22.6 Å². The molecule has 1 aromatic carbocycles. The summed E-state index contributed by atoms with van der Waals surface area (Å²) in [4.78, 5) is 33.1. The van der Waals surface area contributed by atoms with Crippen LogP contribution in [-0.2, 0) is 18.3 Å². The molecule has 2 heterocycles. The van der Waals surface area contributed by atoms with Crippen LogP contribution < -0.4 is 16.2 Å². The van der Waals surface area contributed by atoms with Gasteiger partial charge in [0.15, 0.2) is 0 Å². The Morgan fingerprint density at radius 1 is 1.28 bits per heavy atom. The molecule has 1 aromatic heterocycles. The minimum atomic E-state index is -5.08. The molecule has 3 rings (SSSR count). The van der Waals surface area contributed by atoms with Crippen LogP contribution in [0.15, 0.2) is 29.1 Å². The van der Waals surface area contributed by atoms with Crippen molar-refractivity contribution in [3.05, 3.63) is 55.1 Å². The van der Waals surface area contributed by atoms with E-state index >= 15 is 0 Å². The number of hydrogen-bond donors (Lipinski definition) is 3. The van der Waals surface area contributed by atoms with Crippen LogP contribution in [0.25, 0.3) is 0 Å². The van der Waals surface area contributed by atoms with E-state index < -0.39 is 18.0 Å². The Hall–Kier alpha value is -2.64. The monoisotopic (exact) mass is 527 g/mol. The van der Waals surface area contributed by atoms with Gasteiger partial charge in [-0.05, 0) is 52.8 Å². The van der Waals surface area contributed by atoms with Crippen LogP contribution in [0, 0.1) is 9.39 Å². The third-order valence-corrected chi connectivity index (χ3v) is 4.53. The van der Waals surface area contributed by atoms with Crippen molar-refractivity contribution in [1.82, 2.24) is 9.88 Å². The Bertz CT molecular complexity index is 1020. The molecule has 0 aliphatic carbocycles. The number of nitrogens with zero attached hydrogens (tertiary/aromatic N) is 1. The number of carboxylic acid groups (broad SMARTS) is 1. The number of hydrogen-bond acceptors (Lipinski definition) is 4. The zero-order valence-corrected chi connectivity index (χ0v) is 16.9. The van der Waals surface area contributed by atoms with Crippen molar-refractivity contribution >= 4 is 46.0 Å². The molecule has 1 aliphatic heterocycles. The zero-order valence-electron chi connectivity index (χ0n) is 14.7. The molecule has 0 spiro atoms. The molecule has 0 atom stereocenters. The highest BCUT2D eigenvalue weighted by Gasteiger charge is 2.38. The molecule has 2 aromatic rings. The summed E-state index contributed by atoms with van der Waals surface area (Å²) in [5.74, 6) is -3.15. The Balaban J connectivity index is 0.000000370. The highest BCUT2D eigenvalue weighted by Crippen LogP contribution is 2.26. The third-order valence-electron chi connectivity index (χ3n) is 3.86. The van der Waals surface area contributed by atoms with E-state index in [1.165, 1.54) is 16.7 Å². The summed E-state index contributed by atoms with van der Waals surface area (Å²) < 4.78 is 47.9. The van der Waals surface area contributed by atoms with E-state index in [0.29, 0.717) is 29.9 Å². The third kappa shape index (κ3) is 5.46. The number of nitrogens with one attached hydrogen (secondary N) is 2. The van der Waals surface area contributed by atoms with Gasteiger partial charge in [-0.15, -0.1) is 0 Å². The van der Waals surface area contributed by atoms with Crippen molar-refractivity contribution in [3.63, 3.8) is 0 Å². The summed E-state index contributed by atoms with van der Waals surface area (Å²) in [5.41, 5.74) is 1.07. The molecule has 0 saturated carbocycles. The Labute approximate surface area is 174 Å². The minimum Gasteiger partial charge on any atom is -0.475 e. The fraction of sp³-hybridized carbons (Fsp3) is 0.235. The van der Waals surface area contributed by atoms with Crippen LogP contribution in [0.3, 0.4) is 0 Å². The molecule has 7 nitrogen and oxygen atoms in total. The van der Waals surface area contributed by atoms with Crippen LogP contribution in [0.4, 0.5) is 29.1 Å². The second-order valence-corrected chi connectivity index (χ2v) is 7.09. The first-order valence-electron chi connectivity index (χ1n) is 7.95. The molecule has 0 bridgehead atoms. The molecule has 0 unspecified atom stereocenters. The van der Waals surface area contributed by atoms with E-state index in [1.54, 1.807) is 19.2 Å². The van der Waals surface area contributed by atoms with E-state index in [0.717, 1.165) is 3.57 Å². The summed E-state index contributed by atoms with van der Waals surface area (Å²) in [6, 6.07) is 6.18. The molecule has 0 fully saturated rings. The zero-order chi connectivity index (χ0) is 21.9. The number of rotatable bonds is 2. The summed E-state index contributed by atoms with van der Waals surface area (Å²) in [5, 5.41) is 12.8. The maximum Gasteiger partial charge on any atom is 0.490 e. The number of amides is 1. The SMILES string of the molecule is Cn1c(Nc2ccc(I)cc2F)c2c(cc1=O)CCNC2=O.O=C(O)C(F)(F)F. The summed E-state index contributed by atoms with van der Waals surface area (Å²) in [6.07, 6.45) is -4.50. The molecular formula is C17H14F4IN3O4. The molecule has 1 aliphatic rings. The summed E-state index contributed by atoms with van der Waals surface area (Å²) in [7, 11) is 1.55. The Morgan fingerprint density at radius 3 is 2.45 bits per heavy atom. The molecule has 29 heavy (non-hydrogen) atoms. The quantitative estimate of drug-likeness (QED) is 0.412. The van der Waals surface area contributed by atoms with Crippen molar-refractivity contribution in [2.75, 3.05) is 11.9 Å². The van der Waals surface area contributed by atoms with E-state index in [9.17, 15) is 27.2 Å². The minimum absolute atomic E-state index is 0.224. The van der Waals surface area contributed by atoms with Crippen molar-refractivity contribution in [2.24, 2.45) is 7.05 Å². The van der Waals surface area contributed by atoms with Crippen molar-refractivity contribution < 1.29 is 32.3 Å². The normalized spacial score (nSPS) is 13.0. The van der Waals surface area contributed by atoms with E-state index in [1.807, 2.05) is 22.6 Å². The van der Waals surface area contributed by atoms with Gasteiger partial charge in [0.2, 0.25) is 0 Å². The Morgan fingerprint density at radius 2 is 1.90 bits per heavy atom. The van der Waals surface area contributed by atoms with Crippen LogP contribution in [0.1, 0.15) is 15.9 Å². The lowest BCUT2D eigenvalue weighted by molar-refractivity contribution is -0.192. The molecule has 3 N–H and O–H groups in total. The van der Waals surface area contributed by atoms with Crippen molar-refractivity contribution in [3.8, 4) is 0 Å². The number of carbonyl (C=O) groups excluding carboxylic acids is 1. The number of carboxylic acids is 1. The number of pyridine rings is 1. The number of aliphatic carboxylic acids is 1. The molecule has 0 saturated heterocycles. The second kappa shape index (κ2) is 8.80. The molecule has 12 heteroatoms. The number of aromatic nitrogens is 1. The maximum absolute atomic E-state index is 14.0. The number of halogens is 5. The van der Waals surface area contributed by atoms with Gasteiger partial charge >= 0.3 is 12.1 Å².